The standard InChI is InChI=1S/C15H23ClFN/c1-3-6-14(18-4-2)8-5-7-12-9-10-13(17)11-15(12)16/h9-11,14,18H,3-8H2,1-2H3. The minimum atomic E-state index is -0.264. The van der Waals surface area contributed by atoms with Gasteiger partial charge in [-0.3, -0.25) is 0 Å². The Morgan fingerprint density at radius 1 is 1.28 bits per heavy atom. The SMILES string of the molecule is CCCC(CCCc1ccc(F)cc1Cl)NCC. The van der Waals surface area contributed by atoms with Gasteiger partial charge in [-0.05, 0) is 49.9 Å². The molecule has 1 nitrogen and oxygen atoms in total. The Morgan fingerprint density at radius 2 is 2.06 bits per heavy atom. The summed E-state index contributed by atoms with van der Waals surface area (Å²) in [5, 5.41) is 4.05. The minimum absolute atomic E-state index is 0.264. The van der Waals surface area contributed by atoms with Crippen molar-refractivity contribution in [1.82, 2.24) is 5.32 Å². The maximum Gasteiger partial charge on any atom is 0.124 e. The van der Waals surface area contributed by atoms with Crippen molar-refractivity contribution >= 4 is 11.6 Å². The summed E-state index contributed by atoms with van der Waals surface area (Å²) in [5.74, 6) is -0.264. The van der Waals surface area contributed by atoms with Gasteiger partial charge in [0.15, 0.2) is 0 Å². The van der Waals surface area contributed by atoms with Gasteiger partial charge in [0.25, 0.3) is 0 Å². The molecule has 1 unspecified atom stereocenters. The van der Waals surface area contributed by atoms with Crippen molar-refractivity contribution < 1.29 is 4.39 Å². The summed E-state index contributed by atoms with van der Waals surface area (Å²) < 4.78 is 12.9. The molecule has 0 aliphatic heterocycles. The molecule has 18 heavy (non-hydrogen) atoms. The average molecular weight is 272 g/mol. The van der Waals surface area contributed by atoms with Crippen LogP contribution in [0.1, 0.15) is 45.1 Å². The van der Waals surface area contributed by atoms with E-state index in [0.29, 0.717) is 11.1 Å². The zero-order chi connectivity index (χ0) is 13.4. The zero-order valence-electron chi connectivity index (χ0n) is 11.3. The van der Waals surface area contributed by atoms with E-state index in [1.54, 1.807) is 6.07 Å². The van der Waals surface area contributed by atoms with Gasteiger partial charge in [0.2, 0.25) is 0 Å². The smallest absolute Gasteiger partial charge is 0.124 e. The second kappa shape index (κ2) is 8.49. The fourth-order valence-corrected chi connectivity index (χ4v) is 2.51. The van der Waals surface area contributed by atoms with Gasteiger partial charge in [0.1, 0.15) is 5.82 Å². The van der Waals surface area contributed by atoms with Gasteiger partial charge in [0.05, 0.1) is 0 Å². The monoisotopic (exact) mass is 271 g/mol. The highest BCUT2D eigenvalue weighted by molar-refractivity contribution is 6.31. The van der Waals surface area contributed by atoms with Gasteiger partial charge >= 0.3 is 0 Å². The van der Waals surface area contributed by atoms with Crippen molar-refractivity contribution in [2.75, 3.05) is 6.54 Å². The molecule has 0 amide bonds. The van der Waals surface area contributed by atoms with E-state index in [4.69, 9.17) is 11.6 Å². The molecule has 1 rings (SSSR count). The van der Waals surface area contributed by atoms with Crippen LogP contribution in [0.4, 0.5) is 4.39 Å². The fraction of sp³-hybridized carbons (Fsp3) is 0.600. The highest BCUT2D eigenvalue weighted by atomic mass is 35.5. The predicted molar refractivity (Wildman–Crippen MR) is 76.7 cm³/mol. The van der Waals surface area contributed by atoms with Crippen LogP contribution in [-0.2, 0) is 6.42 Å². The molecule has 0 saturated carbocycles. The average Bonchev–Trinajstić information content (AvgIpc) is 2.32. The fourth-order valence-electron chi connectivity index (χ4n) is 2.25. The summed E-state index contributed by atoms with van der Waals surface area (Å²) >= 11 is 6.01. The summed E-state index contributed by atoms with van der Waals surface area (Å²) in [7, 11) is 0. The van der Waals surface area contributed by atoms with Crippen LogP contribution < -0.4 is 5.32 Å². The highest BCUT2D eigenvalue weighted by Gasteiger charge is 2.07. The lowest BCUT2D eigenvalue weighted by molar-refractivity contribution is 0.447. The van der Waals surface area contributed by atoms with Gasteiger partial charge in [-0.2, -0.15) is 0 Å². The lowest BCUT2D eigenvalue weighted by atomic mass is 10.0. The van der Waals surface area contributed by atoms with Crippen LogP contribution in [0, 0.1) is 5.82 Å². The molecule has 0 aromatic heterocycles. The summed E-state index contributed by atoms with van der Waals surface area (Å²) in [6.07, 6.45) is 5.57. The van der Waals surface area contributed by atoms with Crippen molar-refractivity contribution in [2.24, 2.45) is 0 Å². The molecular weight excluding hydrogens is 249 g/mol. The Labute approximate surface area is 115 Å². The Bertz CT molecular complexity index is 348. The Morgan fingerprint density at radius 3 is 2.67 bits per heavy atom. The number of benzene rings is 1. The molecule has 0 bridgehead atoms. The van der Waals surface area contributed by atoms with E-state index >= 15 is 0 Å². The quantitative estimate of drug-likeness (QED) is 0.730. The predicted octanol–water partition coefficient (Wildman–Crippen LogP) is 4.58. The summed E-state index contributed by atoms with van der Waals surface area (Å²) in [5.41, 5.74) is 1.05. The maximum absolute atomic E-state index is 12.9. The van der Waals surface area contributed by atoms with Crippen LogP contribution >= 0.6 is 11.6 Å². The van der Waals surface area contributed by atoms with Gasteiger partial charge in [-0.25, -0.2) is 4.39 Å². The molecule has 0 aliphatic rings. The van der Waals surface area contributed by atoms with Crippen molar-refractivity contribution in [1.29, 1.82) is 0 Å². The Hall–Kier alpha value is -0.600. The number of halogens is 2. The first-order valence-corrected chi connectivity index (χ1v) is 7.22. The number of rotatable bonds is 8. The van der Waals surface area contributed by atoms with E-state index in [0.717, 1.165) is 31.4 Å². The second-order valence-corrected chi connectivity index (χ2v) is 5.08. The van der Waals surface area contributed by atoms with Crippen molar-refractivity contribution in [3.05, 3.63) is 34.6 Å². The maximum atomic E-state index is 12.9. The normalized spacial score (nSPS) is 12.7. The molecule has 102 valence electrons. The number of nitrogens with one attached hydrogen (secondary N) is 1. The lowest BCUT2D eigenvalue weighted by Crippen LogP contribution is -2.28. The lowest BCUT2D eigenvalue weighted by Gasteiger charge is -2.17. The molecule has 1 atom stereocenters. The summed E-state index contributed by atoms with van der Waals surface area (Å²) in [6.45, 7) is 5.36. The topological polar surface area (TPSA) is 12.0 Å². The summed E-state index contributed by atoms with van der Waals surface area (Å²) in [4.78, 5) is 0. The number of hydrogen-bond donors (Lipinski definition) is 1. The van der Waals surface area contributed by atoms with Crippen LogP contribution in [0.5, 0.6) is 0 Å². The van der Waals surface area contributed by atoms with Crippen LogP contribution in [0.3, 0.4) is 0 Å². The first-order valence-electron chi connectivity index (χ1n) is 6.84. The Balaban J connectivity index is 2.39. The Kier molecular flexibility index (Phi) is 7.29. The molecule has 1 N–H and O–H groups in total. The van der Waals surface area contributed by atoms with Crippen molar-refractivity contribution in [2.45, 2.75) is 52.0 Å². The van der Waals surface area contributed by atoms with Gasteiger partial charge in [-0.1, -0.05) is 37.9 Å². The van der Waals surface area contributed by atoms with Crippen LogP contribution in [-0.4, -0.2) is 12.6 Å². The third-order valence-corrected chi connectivity index (χ3v) is 3.50. The van der Waals surface area contributed by atoms with Crippen LogP contribution in [0.15, 0.2) is 18.2 Å². The molecule has 0 radical (unpaired) electrons. The molecule has 1 aromatic rings. The van der Waals surface area contributed by atoms with Crippen molar-refractivity contribution in [3.63, 3.8) is 0 Å². The van der Waals surface area contributed by atoms with E-state index in [1.807, 2.05) is 0 Å². The molecular formula is C15H23ClFN. The third kappa shape index (κ3) is 5.36. The van der Waals surface area contributed by atoms with E-state index in [2.05, 4.69) is 19.2 Å². The first kappa shape index (κ1) is 15.5. The molecule has 0 heterocycles. The first-order chi connectivity index (χ1) is 8.67. The zero-order valence-corrected chi connectivity index (χ0v) is 12.1. The molecule has 1 aromatic carbocycles. The van der Waals surface area contributed by atoms with Gasteiger partial charge < -0.3 is 5.32 Å². The number of hydrogen-bond acceptors (Lipinski definition) is 1. The molecule has 0 saturated heterocycles. The van der Waals surface area contributed by atoms with E-state index < -0.39 is 0 Å². The van der Waals surface area contributed by atoms with Crippen LogP contribution in [0.25, 0.3) is 0 Å². The van der Waals surface area contributed by atoms with Crippen molar-refractivity contribution in [3.8, 4) is 0 Å². The number of aryl methyl sites for hydroxylation is 1. The molecule has 3 heteroatoms. The largest absolute Gasteiger partial charge is 0.314 e. The van der Waals surface area contributed by atoms with Crippen LogP contribution in [0.2, 0.25) is 5.02 Å². The highest BCUT2D eigenvalue weighted by Crippen LogP contribution is 2.20. The third-order valence-electron chi connectivity index (χ3n) is 3.14. The van der Waals surface area contributed by atoms with E-state index in [9.17, 15) is 4.39 Å². The summed E-state index contributed by atoms with van der Waals surface area (Å²) in [6, 6.07) is 5.26. The molecule has 0 spiro atoms. The van der Waals surface area contributed by atoms with E-state index in [1.165, 1.54) is 25.0 Å². The van der Waals surface area contributed by atoms with Gasteiger partial charge in [0, 0.05) is 11.1 Å². The minimum Gasteiger partial charge on any atom is -0.314 e. The second-order valence-electron chi connectivity index (χ2n) is 4.67. The molecule has 0 fully saturated rings. The van der Waals surface area contributed by atoms with Gasteiger partial charge in [-0.15, -0.1) is 0 Å². The van der Waals surface area contributed by atoms with E-state index in [-0.39, 0.29) is 5.82 Å². The molecule has 0 aliphatic carbocycles.